The van der Waals surface area contributed by atoms with E-state index in [1.54, 1.807) is 23.9 Å². The highest BCUT2D eigenvalue weighted by molar-refractivity contribution is 7.99. The molecule has 0 heterocycles. The van der Waals surface area contributed by atoms with Gasteiger partial charge in [-0.05, 0) is 51.0 Å². The van der Waals surface area contributed by atoms with Gasteiger partial charge in [-0.3, -0.25) is 0 Å². The maximum absolute atomic E-state index is 13.3. The Labute approximate surface area is 161 Å². The molecule has 2 rings (SSSR count). The van der Waals surface area contributed by atoms with E-state index in [0.29, 0.717) is 0 Å². The molecule has 0 radical (unpaired) electrons. The number of hydrogen-bond acceptors (Lipinski definition) is 3. The predicted octanol–water partition coefficient (Wildman–Crippen LogP) is 4.81. The van der Waals surface area contributed by atoms with Gasteiger partial charge in [-0.25, -0.2) is 4.39 Å². The van der Waals surface area contributed by atoms with Crippen molar-refractivity contribution in [1.82, 2.24) is 9.80 Å². The Kier molecular flexibility index (Phi) is 11.3. The number of benzene rings is 2. The van der Waals surface area contributed by atoms with Gasteiger partial charge in [0.1, 0.15) is 5.82 Å². The summed E-state index contributed by atoms with van der Waals surface area (Å²) in [7, 11) is 6.30. The first-order valence-electron chi connectivity index (χ1n) is 7.39. The first-order valence-corrected chi connectivity index (χ1v) is 8.21. The van der Waals surface area contributed by atoms with Crippen LogP contribution in [-0.4, -0.2) is 44.0 Å². The molecule has 24 heavy (non-hydrogen) atoms. The minimum Gasteiger partial charge on any atom is -0.308 e. The van der Waals surface area contributed by atoms with Crippen LogP contribution in [0.1, 0.15) is 5.56 Å². The van der Waals surface area contributed by atoms with Crippen LogP contribution in [0.15, 0.2) is 58.3 Å². The monoisotopic (exact) mass is 390 g/mol. The first-order chi connectivity index (χ1) is 10.5. The van der Waals surface area contributed by atoms with Gasteiger partial charge in [-0.15, -0.1) is 24.8 Å². The lowest BCUT2D eigenvalue weighted by Gasteiger charge is -2.20. The summed E-state index contributed by atoms with van der Waals surface area (Å²) in [4.78, 5) is 6.61. The molecule has 0 aliphatic rings. The van der Waals surface area contributed by atoms with Crippen molar-refractivity contribution in [3.8, 4) is 0 Å². The van der Waals surface area contributed by atoms with Crippen LogP contribution in [-0.2, 0) is 6.54 Å². The van der Waals surface area contributed by atoms with E-state index < -0.39 is 0 Å². The van der Waals surface area contributed by atoms with Crippen LogP contribution in [0.2, 0.25) is 0 Å². The second kappa shape index (κ2) is 11.7. The lowest BCUT2D eigenvalue weighted by Crippen LogP contribution is -2.28. The molecule has 0 N–H and O–H groups in total. The average molecular weight is 391 g/mol. The van der Waals surface area contributed by atoms with Crippen molar-refractivity contribution in [2.24, 2.45) is 0 Å². The summed E-state index contributed by atoms with van der Waals surface area (Å²) < 4.78 is 13.3. The van der Waals surface area contributed by atoms with Crippen LogP contribution in [0.3, 0.4) is 0 Å². The quantitative estimate of drug-likeness (QED) is 0.669. The van der Waals surface area contributed by atoms with Crippen LogP contribution < -0.4 is 0 Å². The van der Waals surface area contributed by atoms with Gasteiger partial charge in [-0.2, -0.15) is 0 Å². The predicted molar refractivity (Wildman–Crippen MR) is 106 cm³/mol. The number of hydrogen-bond donors (Lipinski definition) is 0. The first kappa shape index (κ1) is 23.2. The van der Waals surface area contributed by atoms with E-state index >= 15 is 0 Å². The normalized spacial score (nSPS) is 10.4. The van der Waals surface area contributed by atoms with Crippen LogP contribution in [0.4, 0.5) is 4.39 Å². The molecule has 0 spiro atoms. The Morgan fingerprint density at radius 2 is 1.62 bits per heavy atom. The van der Waals surface area contributed by atoms with Crippen molar-refractivity contribution in [2.45, 2.75) is 16.3 Å². The minimum atomic E-state index is -0.189. The lowest BCUT2D eigenvalue weighted by atomic mass is 10.2. The Hall–Kier alpha value is -0.780. The SMILES string of the molecule is CN(C)CCN(C)Cc1ccccc1Sc1cccc(F)c1.Cl.Cl. The molecule has 0 amide bonds. The Balaban J connectivity index is 0.00000264. The molecule has 0 saturated carbocycles. The third-order valence-corrected chi connectivity index (χ3v) is 4.47. The molecule has 2 nitrogen and oxygen atoms in total. The Bertz CT molecular complexity index is 611. The molecule has 134 valence electrons. The zero-order valence-electron chi connectivity index (χ0n) is 14.2. The van der Waals surface area contributed by atoms with Crippen molar-refractivity contribution in [2.75, 3.05) is 34.2 Å². The van der Waals surface area contributed by atoms with Gasteiger partial charge in [-0.1, -0.05) is 36.0 Å². The van der Waals surface area contributed by atoms with Gasteiger partial charge in [0, 0.05) is 29.4 Å². The number of likely N-dealkylation sites (N-methyl/N-ethyl adjacent to an activating group) is 2. The molecule has 0 aromatic heterocycles. The van der Waals surface area contributed by atoms with E-state index in [2.05, 4.69) is 49.1 Å². The van der Waals surface area contributed by atoms with E-state index in [0.717, 1.165) is 24.5 Å². The fourth-order valence-corrected chi connectivity index (χ4v) is 3.11. The van der Waals surface area contributed by atoms with Gasteiger partial charge < -0.3 is 9.80 Å². The van der Waals surface area contributed by atoms with E-state index in [1.165, 1.54) is 16.5 Å². The highest BCUT2D eigenvalue weighted by Crippen LogP contribution is 2.31. The van der Waals surface area contributed by atoms with Gasteiger partial charge >= 0.3 is 0 Å². The van der Waals surface area contributed by atoms with E-state index in [4.69, 9.17) is 0 Å². The molecular weight excluding hydrogens is 366 g/mol. The lowest BCUT2D eigenvalue weighted by molar-refractivity contribution is 0.275. The summed E-state index contributed by atoms with van der Waals surface area (Å²) in [6.07, 6.45) is 0. The molecule has 2 aromatic rings. The van der Waals surface area contributed by atoms with Crippen LogP contribution in [0, 0.1) is 5.82 Å². The second-order valence-electron chi connectivity index (χ2n) is 5.71. The molecule has 6 heteroatoms. The third kappa shape index (κ3) is 7.86. The standard InChI is InChI=1S/C18H23FN2S.2ClH/c1-20(2)11-12-21(3)14-15-7-4-5-10-18(15)22-17-9-6-8-16(19)13-17;;/h4-10,13H,11-12,14H2,1-3H3;2*1H. The summed E-state index contributed by atoms with van der Waals surface area (Å²) in [6, 6.07) is 15.1. The molecular formula is C18H25Cl2FN2S. The minimum absolute atomic E-state index is 0. The van der Waals surface area contributed by atoms with Crippen molar-refractivity contribution in [1.29, 1.82) is 0 Å². The summed E-state index contributed by atoms with van der Waals surface area (Å²) in [5, 5.41) is 0. The molecule has 0 aliphatic carbocycles. The molecule has 2 aromatic carbocycles. The van der Waals surface area contributed by atoms with E-state index in [-0.39, 0.29) is 30.6 Å². The van der Waals surface area contributed by atoms with Crippen LogP contribution in [0.5, 0.6) is 0 Å². The number of halogens is 3. The van der Waals surface area contributed by atoms with Crippen molar-refractivity contribution in [3.05, 3.63) is 59.9 Å². The maximum Gasteiger partial charge on any atom is 0.124 e. The second-order valence-corrected chi connectivity index (χ2v) is 6.82. The van der Waals surface area contributed by atoms with Crippen LogP contribution >= 0.6 is 36.6 Å². The topological polar surface area (TPSA) is 6.48 Å². The summed E-state index contributed by atoms with van der Waals surface area (Å²) >= 11 is 1.62. The largest absolute Gasteiger partial charge is 0.308 e. The van der Waals surface area contributed by atoms with Gasteiger partial charge in [0.15, 0.2) is 0 Å². The zero-order valence-corrected chi connectivity index (χ0v) is 16.7. The van der Waals surface area contributed by atoms with Crippen molar-refractivity contribution >= 4 is 36.6 Å². The number of rotatable bonds is 7. The molecule has 0 unspecified atom stereocenters. The fraction of sp³-hybridized carbons (Fsp3) is 0.333. The average Bonchev–Trinajstić information content (AvgIpc) is 2.47. The Morgan fingerprint density at radius 1 is 0.917 bits per heavy atom. The maximum atomic E-state index is 13.3. The van der Waals surface area contributed by atoms with Gasteiger partial charge in [0.25, 0.3) is 0 Å². The molecule has 0 saturated heterocycles. The number of nitrogens with zero attached hydrogens (tertiary/aromatic N) is 2. The smallest absolute Gasteiger partial charge is 0.124 e. The summed E-state index contributed by atoms with van der Waals surface area (Å²) in [5.74, 6) is -0.189. The van der Waals surface area contributed by atoms with E-state index in [9.17, 15) is 4.39 Å². The van der Waals surface area contributed by atoms with Crippen LogP contribution in [0.25, 0.3) is 0 Å². The molecule has 0 aliphatic heterocycles. The van der Waals surface area contributed by atoms with Gasteiger partial charge in [0.05, 0.1) is 0 Å². The Morgan fingerprint density at radius 3 is 2.29 bits per heavy atom. The zero-order chi connectivity index (χ0) is 15.9. The molecule has 0 bridgehead atoms. The highest BCUT2D eigenvalue weighted by Gasteiger charge is 2.07. The molecule has 0 fully saturated rings. The summed E-state index contributed by atoms with van der Waals surface area (Å²) in [6.45, 7) is 2.95. The van der Waals surface area contributed by atoms with E-state index in [1.807, 2.05) is 12.1 Å². The fourth-order valence-electron chi connectivity index (χ4n) is 2.13. The van der Waals surface area contributed by atoms with Gasteiger partial charge in [0.2, 0.25) is 0 Å². The van der Waals surface area contributed by atoms with Crippen molar-refractivity contribution < 1.29 is 4.39 Å². The summed E-state index contributed by atoms with van der Waals surface area (Å²) in [5.41, 5.74) is 1.28. The molecule has 0 atom stereocenters. The van der Waals surface area contributed by atoms with Crippen molar-refractivity contribution in [3.63, 3.8) is 0 Å². The third-order valence-electron chi connectivity index (χ3n) is 3.37. The highest BCUT2D eigenvalue weighted by atomic mass is 35.5.